The fourth-order valence-electron chi connectivity index (χ4n) is 7.68. The summed E-state index contributed by atoms with van der Waals surface area (Å²) in [4.78, 5) is 34.9. The molecule has 0 spiro atoms. The Labute approximate surface area is 322 Å². The van der Waals surface area contributed by atoms with Crippen molar-refractivity contribution in [2.45, 2.75) is 78.3 Å². The quantitative estimate of drug-likeness (QED) is 0.115. The van der Waals surface area contributed by atoms with Crippen LogP contribution in [0.2, 0.25) is 0 Å². The van der Waals surface area contributed by atoms with Crippen LogP contribution in [-0.2, 0) is 37.3 Å². The third kappa shape index (κ3) is 8.88. The lowest BCUT2D eigenvalue weighted by atomic mass is 9.99. The molecule has 1 atom stereocenters. The molecule has 2 aliphatic heterocycles. The molecule has 0 saturated carbocycles. The second-order valence-corrected chi connectivity index (χ2v) is 14.5. The third-order valence-corrected chi connectivity index (χ3v) is 10.6. The number of nitrogens with zero attached hydrogens (tertiary/aromatic N) is 4. The molecule has 2 aromatic heterocycles. The first-order chi connectivity index (χ1) is 26.8. The van der Waals surface area contributed by atoms with Gasteiger partial charge in [-0.05, 0) is 80.1 Å². The maximum absolute atomic E-state index is 15.2. The number of aromatic nitrogens is 3. The maximum Gasteiger partial charge on any atom is 0.252 e. The molecule has 11 nitrogen and oxygen atoms in total. The van der Waals surface area contributed by atoms with E-state index >= 15 is 4.39 Å². The van der Waals surface area contributed by atoms with E-state index in [2.05, 4.69) is 51.2 Å². The fourth-order valence-corrected chi connectivity index (χ4v) is 7.68. The lowest BCUT2D eigenvalue weighted by molar-refractivity contribution is 0.0904. The second kappa shape index (κ2) is 17.5. The van der Waals surface area contributed by atoms with E-state index in [0.29, 0.717) is 37.8 Å². The van der Waals surface area contributed by atoms with Gasteiger partial charge in [-0.15, -0.1) is 0 Å². The Kier molecular flexibility index (Phi) is 12.1. The lowest BCUT2D eigenvalue weighted by Gasteiger charge is -2.31. The molecule has 288 valence electrons. The number of piperazine rings is 1. The van der Waals surface area contributed by atoms with Gasteiger partial charge in [-0.25, -0.2) is 14.1 Å². The van der Waals surface area contributed by atoms with E-state index in [1.54, 1.807) is 36.4 Å². The Morgan fingerprint density at radius 2 is 1.71 bits per heavy atom. The highest BCUT2D eigenvalue weighted by Gasteiger charge is 2.24. The average Bonchev–Trinajstić information content (AvgIpc) is 3.63. The number of fused-ring (bicyclic) bond motifs is 1. The van der Waals surface area contributed by atoms with Crippen molar-refractivity contribution >= 4 is 28.5 Å². The van der Waals surface area contributed by atoms with Gasteiger partial charge in [-0.2, -0.15) is 5.10 Å². The number of hydrogen-bond acceptors (Lipinski definition) is 8. The third-order valence-electron chi connectivity index (χ3n) is 10.6. The summed E-state index contributed by atoms with van der Waals surface area (Å²) >= 11 is 0. The summed E-state index contributed by atoms with van der Waals surface area (Å²) in [5.74, 6) is -1.08. The topological polar surface area (TPSA) is 125 Å². The molecule has 4 N–H and O–H groups in total. The zero-order chi connectivity index (χ0) is 38.3. The molecule has 5 aromatic rings. The van der Waals surface area contributed by atoms with E-state index in [-0.39, 0.29) is 42.0 Å². The molecular weight excluding hydrogens is 696 g/mol. The first-order valence-electron chi connectivity index (χ1n) is 19.5. The molecule has 2 aliphatic rings. The maximum atomic E-state index is 15.2. The van der Waals surface area contributed by atoms with Gasteiger partial charge in [0, 0.05) is 87.9 Å². The zero-order valence-electron chi connectivity index (χ0n) is 32.0. The van der Waals surface area contributed by atoms with E-state index in [0.717, 1.165) is 83.7 Å². The number of nitrogens with one attached hydrogen (secondary N) is 4. The number of benzene rings is 3. The van der Waals surface area contributed by atoms with Crippen LogP contribution in [0.1, 0.15) is 76.7 Å². The summed E-state index contributed by atoms with van der Waals surface area (Å²) in [5, 5.41) is 18.8. The van der Waals surface area contributed by atoms with Crippen molar-refractivity contribution in [3.63, 3.8) is 0 Å². The number of anilines is 1. The van der Waals surface area contributed by atoms with E-state index in [1.807, 2.05) is 36.0 Å². The molecule has 0 unspecified atom stereocenters. The van der Waals surface area contributed by atoms with Gasteiger partial charge in [0.2, 0.25) is 0 Å². The van der Waals surface area contributed by atoms with E-state index in [4.69, 9.17) is 9.72 Å². The van der Waals surface area contributed by atoms with Crippen LogP contribution < -0.4 is 21.3 Å². The van der Waals surface area contributed by atoms with Gasteiger partial charge >= 0.3 is 0 Å². The van der Waals surface area contributed by atoms with Gasteiger partial charge in [-0.3, -0.25) is 14.5 Å². The van der Waals surface area contributed by atoms with E-state index in [1.165, 1.54) is 6.07 Å². The molecule has 0 aliphatic carbocycles. The summed E-state index contributed by atoms with van der Waals surface area (Å²) in [5.41, 5.74) is 7.19. The highest BCUT2D eigenvalue weighted by molar-refractivity contribution is 6.07. The summed E-state index contributed by atoms with van der Waals surface area (Å²) in [6, 6.07) is 20.4. The summed E-state index contributed by atoms with van der Waals surface area (Å²) < 4.78 is 22.7. The fraction of sp³-hybridized carbons (Fsp3) is 0.395. The Bertz CT molecular complexity index is 2150. The summed E-state index contributed by atoms with van der Waals surface area (Å²) in [6.07, 6.45) is 4.27. The number of carbonyl (C=O) groups excluding carboxylic acids is 2. The summed E-state index contributed by atoms with van der Waals surface area (Å²) in [7, 11) is 0. The van der Waals surface area contributed by atoms with Crippen molar-refractivity contribution in [1.82, 2.24) is 35.6 Å². The van der Waals surface area contributed by atoms with Crippen LogP contribution in [0.5, 0.6) is 0 Å². The monoisotopic (exact) mass is 746 g/mol. The predicted octanol–water partition coefficient (Wildman–Crippen LogP) is 6.06. The van der Waals surface area contributed by atoms with Crippen molar-refractivity contribution in [3.8, 4) is 11.1 Å². The van der Waals surface area contributed by atoms with E-state index in [9.17, 15) is 9.59 Å². The standard InChI is InChI=1S/C43H51FN8O3/c1-4-39-36(40(49-32-15-19-55-20-16-32)37-25-48-52(5-2)41(37)50-39)24-47-43(54)34-12-7-6-11-33(34)42(53)46-23-29-13-14-38(44)35(22-29)31-10-8-9-30(21-31)27-51-18-17-45-28(3)26-51/h6-14,21-22,25,28,32,45H,4-5,15-20,23-24,26-27H2,1-3H3,(H,46,53)(H,47,54)(H,49,50)/t28-/m0/s1. The Morgan fingerprint density at radius 3 is 2.44 bits per heavy atom. The lowest BCUT2D eigenvalue weighted by Crippen LogP contribution is -2.48. The molecule has 0 radical (unpaired) electrons. The second-order valence-electron chi connectivity index (χ2n) is 14.5. The number of hydrogen-bond donors (Lipinski definition) is 4. The SMILES string of the molecule is CCc1nc2c(cnn2CC)c(NC2CCOCC2)c1CNC(=O)c1ccccc1C(=O)NCc1ccc(F)c(-c2cccc(CN3CCN[C@@H](C)C3)c2)c1. The summed E-state index contributed by atoms with van der Waals surface area (Å²) in [6.45, 7) is 12.4. The average molecular weight is 747 g/mol. The largest absolute Gasteiger partial charge is 0.381 e. The van der Waals surface area contributed by atoms with Crippen LogP contribution in [0, 0.1) is 5.82 Å². The van der Waals surface area contributed by atoms with Gasteiger partial charge in [0.15, 0.2) is 5.65 Å². The molecule has 7 rings (SSSR count). The first kappa shape index (κ1) is 38.1. The first-order valence-corrected chi connectivity index (χ1v) is 19.5. The van der Waals surface area contributed by atoms with Crippen molar-refractivity contribution < 1.29 is 18.7 Å². The predicted molar refractivity (Wildman–Crippen MR) is 213 cm³/mol. The number of aryl methyl sites for hydroxylation is 2. The van der Waals surface area contributed by atoms with Crippen molar-refractivity contribution in [2.75, 3.05) is 38.2 Å². The Balaban J connectivity index is 1.05. The Morgan fingerprint density at radius 1 is 0.945 bits per heavy atom. The molecule has 2 saturated heterocycles. The smallest absolute Gasteiger partial charge is 0.252 e. The van der Waals surface area contributed by atoms with Crippen molar-refractivity contribution in [3.05, 3.63) is 112 Å². The number of halogens is 1. The number of ether oxygens (including phenoxy) is 1. The van der Waals surface area contributed by atoms with Gasteiger partial charge < -0.3 is 26.0 Å². The van der Waals surface area contributed by atoms with Crippen LogP contribution in [0.3, 0.4) is 0 Å². The molecule has 4 heterocycles. The molecule has 2 fully saturated rings. The van der Waals surface area contributed by atoms with Gasteiger partial charge in [0.05, 0.1) is 28.4 Å². The van der Waals surface area contributed by atoms with Crippen LogP contribution in [0.4, 0.5) is 10.1 Å². The minimum Gasteiger partial charge on any atom is -0.381 e. The molecule has 3 aromatic carbocycles. The van der Waals surface area contributed by atoms with Crippen molar-refractivity contribution in [2.24, 2.45) is 0 Å². The van der Waals surface area contributed by atoms with Crippen LogP contribution in [0.15, 0.2) is 72.9 Å². The van der Waals surface area contributed by atoms with Crippen molar-refractivity contribution in [1.29, 1.82) is 0 Å². The minimum absolute atomic E-state index is 0.165. The molecule has 55 heavy (non-hydrogen) atoms. The van der Waals surface area contributed by atoms with Crippen LogP contribution in [0.25, 0.3) is 22.2 Å². The highest BCUT2D eigenvalue weighted by Crippen LogP contribution is 2.32. The number of carbonyl (C=O) groups is 2. The molecule has 2 amide bonds. The highest BCUT2D eigenvalue weighted by atomic mass is 19.1. The minimum atomic E-state index is -0.393. The van der Waals surface area contributed by atoms with Gasteiger partial charge in [0.1, 0.15) is 5.82 Å². The number of rotatable bonds is 13. The number of pyridine rings is 1. The van der Waals surface area contributed by atoms with Crippen LogP contribution in [-0.4, -0.2) is 76.4 Å². The number of amides is 2. The van der Waals surface area contributed by atoms with Gasteiger partial charge in [-0.1, -0.05) is 43.3 Å². The van der Waals surface area contributed by atoms with Gasteiger partial charge in [0.25, 0.3) is 11.8 Å². The molecule has 0 bridgehead atoms. The Hall–Kier alpha value is -5.17. The molecule has 12 heteroatoms. The normalized spacial score (nSPS) is 16.6. The zero-order valence-corrected chi connectivity index (χ0v) is 32.0. The van der Waals surface area contributed by atoms with Crippen LogP contribution >= 0.6 is 0 Å². The molecular formula is C43H51FN8O3. The van der Waals surface area contributed by atoms with E-state index < -0.39 is 5.91 Å².